The fraction of sp³-hybridized carbons (Fsp3) is 0.350. The molecule has 2 heterocycles. The Kier molecular flexibility index (Phi) is 4.45. The highest BCUT2D eigenvalue weighted by atomic mass is 19.1. The van der Waals surface area contributed by atoms with Gasteiger partial charge in [-0.2, -0.15) is 0 Å². The summed E-state index contributed by atoms with van der Waals surface area (Å²) in [5.74, 6) is -5.05. The van der Waals surface area contributed by atoms with Gasteiger partial charge in [0.25, 0.3) is 5.91 Å². The maximum atomic E-state index is 13.8. The van der Waals surface area contributed by atoms with E-state index in [1.165, 1.54) is 6.07 Å². The number of Topliss-reactive ketones (excluding diaryl/α,β-unsaturated/α-hetero) is 1. The number of carbonyl (C=O) groups is 2. The van der Waals surface area contributed by atoms with Crippen LogP contribution >= 0.6 is 0 Å². The maximum absolute atomic E-state index is 13.8. The Morgan fingerprint density at radius 2 is 1.79 bits per heavy atom. The van der Waals surface area contributed by atoms with E-state index in [2.05, 4.69) is 15.2 Å². The molecular formula is C20H18F3N3O2. The summed E-state index contributed by atoms with van der Waals surface area (Å²) in [6, 6.07) is 5.36. The molecule has 1 amide bonds. The molecule has 0 bridgehead atoms. The van der Waals surface area contributed by atoms with E-state index in [1.54, 1.807) is 12.1 Å². The summed E-state index contributed by atoms with van der Waals surface area (Å²) in [5, 5.41) is 2.26. The number of benzene rings is 1. The predicted molar refractivity (Wildman–Crippen MR) is 95.5 cm³/mol. The third-order valence-corrected chi connectivity index (χ3v) is 5.42. The third kappa shape index (κ3) is 3.28. The van der Waals surface area contributed by atoms with Gasteiger partial charge >= 0.3 is 0 Å². The highest BCUT2D eigenvalue weighted by molar-refractivity contribution is 6.04. The first-order valence-electron chi connectivity index (χ1n) is 8.92. The van der Waals surface area contributed by atoms with Crippen molar-refractivity contribution in [2.45, 2.75) is 12.8 Å². The summed E-state index contributed by atoms with van der Waals surface area (Å²) < 4.78 is 40.5. The van der Waals surface area contributed by atoms with Gasteiger partial charge in [0.05, 0.1) is 0 Å². The Balaban J connectivity index is 1.46. The number of hydrogen-bond donors (Lipinski definition) is 1. The second-order valence-electron chi connectivity index (χ2n) is 7.75. The Labute approximate surface area is 159 Å². The Hall–Kier alpha value is -2.74. The standard InChI is InChI=1S/C20H18F3N3O2/c1-26-9-20(10-26)7-11(8-20)18(27)15-3-2-4-16(24-15)25-19(28)17-13(22)5-12(21)6-14(17)23/h2-6,11H,7-10H2,1H3,(H,24,25,28). The quantitative estimate of drug-likeness (QED) is 0.816. The van der Waals surface area contributed by atoms with E-state index in [4.69, 9.17) is 0 Å². The van der Waals surface area contributed by atoms with Crippen LogP contribution in [0.3, 0.4) is 0 Å². The fourth-order valence-electron chi connectivity index (χ4n) is 4.32. The van der Waals surface area contributed by atoms with E-state index in [0.717, 1.165) is 25.9 Å². The normalized spacial score (nSPS) is 18.4. The van der Waals surface area contributed by atoms with Crippen molar-refractivity contribution in [3.05, 3.63) is 59.0 Å². The highest BCUT2D eigenvalue weighted by Gasteiger charge is 2.53. The minimum Gasteiger partial charge on any atom is -0.306 e. The first-order valence-corrected chi connectivity index (χ1v) is 8.92. The van der Waals surface area contributed by atoms with Crippen LogP contribution in [-0.2, 0) is 0 Å². The van der Waals surface area contributed by atoms with E-state index in [1.807, 2.05) is 7.05 Å². The van der Waals surface area contributed by atoms with Crippen LogP contribution in [-0.4, -0.2) is 41.7 Å². The molecule has 0 unspecified atom stereocenters. The van der Waals surface area contributed by atoms with Crippen LogP contribution in [0.4, 0.5) is 19.0 Å². The van der Waals surface area contributed by atoms with Gasteiger partial charge in [-0.05, 0) is 37.4 Å². The summed E-state index contributed by atoms with van der Waals surface area (Å²) in [7, 11) is 2.04. The van der Waals surface area contributed by atoms with Gasteiger partial charge in [0, 0.05) is 31.1 Å². The number of nitrogens with zero attached hydrogens (tertiary/aromatic N) is 2. The monoisotopic (exact) mass is 389 g/mol. The maximum Gasteiger partial charge on any atom is 0.262 e. The summed E-state index contributed by atoms with van der Waals surface area (Å²) in [6.07, 6.45) is 1.64. The molecule has 1 spiro atoms. The number of pyridine rings is 1. The van der Waals surface area contributed by atoms with Gasteiger partial charge in [0.15, 0.2) is 5.78 Å². The first-order chi connectivity index (χ1) is 13.3. The van der Waals surface area contributed by atoms with Crippen molar-refractivity contribution in [1.82, 2.24) is 9.88 Å². The molecule has 2 fully saturated rings. The molecule has 1 saturated carbocycles. The molecule has 1 N–H and O–H groups in total. The Morgan fingerprint density at radius 3 is 2.39 bits per heavy atom. The van der Waals surface area contributed by atoms with Crippen molar-refractivity contribution in [2.24, 2.45) is 11.3 Å². The number of anilines is 1. The van der Waals surface area contributed by atoms with Crippen LogP contribution < -0.4 is 5.32 Å². The van der Waals surface area contributed by atoms with Crippen LogP contribution in [0.15, 0.2) is 30.3 Å². The number of likely N-dealkylation sites (tertiary alicyclic amines) is 1. The first kappa shape index (κ1) is 18.6. The van der Waals surface area contributed by atoms with Crippen molar-refractivity contribution in [2.75, 3.05) is 25.5 Å². The number of ketones is 1. The minimum absolute atomic E-state index is 0.00334. The predicted octanol–water partition coefficient (Wildman–Crippen LogP) is 3.28. The molecule has 2 aliphatic rings. The van der Waals surface area contributed by atoms with E-state index >= 15 is 0 Å². The van der Waals surface area contributed by atoms with Crippen molar-refractivity contribution >= 4 is 17.5 Å². The lowest BCUT2D eigenvalue weighted by Gasteiger charge is -2.57. The molecule has 5 nitrogen and oxygen atoms in total. The third-order valence-electron chi connectivity index (χ3n) is 5.42. The van der Waals surface area contributed by atoms with Crippen molar-refractivity contribution in [3.63, 3.8) is 0 Å². The highest BCUT2D eigenvalue weighted by Crippen LogP contribution is 2.52. The van der Waals surface area contributed by atoms with E-state index < -0.39 is 28.9 Å². The number of aromatic nitrogens is 1. The minimum atomic E-state index is -1.31. The molecular weight excluding hydrogens is 371 g/mol. The molecule has 0 radical (unpaired) electrons. The molecule has 146 valence electrons. The van der Waals surface area contributed by atoms with Gasteiger partial charge in [-0.15, -0.1) is 0 Å². The zero-order chi connectivity index (χ0) is 20.1. The molecule has 2 aromatic rings. The van der Waals surface area contributed by atoms with Crippen molar-refractivity contribution in [1.29, 1.82) is 0 Å². The lowest BCUT2D eigenvalue weighted by molar-refractivity contribution is -0.0708. The topological polar surface area (TPSA) is 62.3 Å². The number of nitrogens with one attached hydrogen (secondary N) is 1. The Bertz CT molecular complexity index is 942. The van der Waals surface area contributed by atoms with Crippen LogP contribution in [0.5, 0.6) is 0 Å². The summed E-state index contributed by atoms with van der Waals surface area (Å²) in [4.78, 5) is 31.1. The number of hydrogen-bond acceptors (Lipinski definition) is 4. The van der Waals surface area contributed by atoms with E-state index in [9.17, 15) is 22.8 Å². The fourth-order valence-corrected chi connectivity index (χ4v) is 4.32. The smallest absolute Gasteiger partial charge is 0.262 e. The second-order valence-corrected chi connectivity index (χ2v) is 7.75. The van der Waals surface area contributed by atoms with E-state index in [-0.39, 0.29) is 28.6 Å². The SMILES string of the molecule is CN1CC2(CC(C(=O)c3cccc(NC(=O)c4c(F)cc(F)cc4F)n3)C2)C1. The van der Waals surface area contributed by atoms with Gasteiger partial charge in [0.1, 0.15) is 34.5 Å². The van der Waals surface area contributed by atoms with Gasteiger partial charge in [-0.3, -0.25) is 9.59 Å². The summed E-state index contributed by atoms with van der Waals surface area (Å²) in [5.41, 5.74) is -0.459. The summed E-state index contributed by atoms with van der Waals surface area (Å²) >= 11 is 0. The average molecular weight is 389 g/mol. The lowest BCUT2D eigenvalue weighted by atomic mass is 9.56. The second kappa shape index (κ2) is 6.70. The molecule has 8 heteroatoms. The molecule has 1 aliphatic carbocycles. The lowest BCUT2D eigenvalue weighted by Crippen LogP contribution is -2.61. The largest absolute Gasteiger partial charge is 0.306 e. The van der Waals surface area contributed by atoms with Gasteiger partial charge in [-0.25, -0.2) is 18.2 Å². The number of rotatable bonds is 4. The van der Waals surface area contributed by atoms with Crippen LogP contribution in [0, 0.1) is 28.8 Å². The molecule has 1 aliphatic heterocycles. The number of amides is 1. The molecule has 1 aromatic heterocycles. The zero-order valence-electron chi connectivity index (χ0n) is 15.1. The number of carbonyl (C=O) groups excluding carboxylic acids is 2. The summed E-state index contributed by atoms with van der Waals surface area (Å²) in [6.45, 7) is 1.99. The average Bonchev–Trinajstić information content (AvgIpc) is 2.55. The van der Waals surface area contributed by atoms with E-state index in [0.29, 0.717) is 12.1 Å². The van der Waals surface area contributed by atoms with Crippen LogP contribution in [0.1, 0.15) is 33.7 Å². The Morgan fingerprint density at radius 1 is 1.14 bits per heavy atom. The van der Waals surface area contributed by atoms with Crippen LogP contribution in [0.25, 0.3) is 0 Å². The van der Waals surface area contributed by atoms with Gasteiger partial charge < -0.3 is 10.2 Å². The molecule has 1 aromatic carbocycles. The molecule has 1 saturated heterocycles. The molecule has 28 heavy (non-hydrogen) atoms. The number of halogens is 3. The van der Waals surface area contributed by atoms with Crippen LogP contribution in [0.2, 0.25) is 0 Å². The van der Waals surface area contributed by atoms with Crippen molar-refractivity contribution in [3.8, 4) is 0 Å². The van der Waals surface area contributed by atoms with Gasteiger partial charge in [0.2, 0.25) is 0 Å². The zero-order valence-corrected chi connectivity index (χ0v) is 15.1. The molecule has 0 atom stereocenters. The molecule has 4 rings (SSSR count). The van der Waals surface area contributed by atoms with Gasteiger partial charge in [-0.1, -0.05) is 6.07 Å². The van der Waals surface area contributed by atoms with Crippen molar-refractivity contribution < 1.29 is 22.8 Å².